The first-order chi connectivity index (χ1) is 15.6. The lowest BCUT2D eigenvalue weighted by atomic mass is 10.2. The Kier molecular flexibility index (Phi) is 7.13. The Balaban J connectivity index is 1.99. The molecule has 0 spiro atoms. The van der Waals surface area contributed by atoms with Crippen LogP contribution in [0.4, 0.5) is 11.8 Å². The van der Waals surface area contributed by atoms with Crippen LogP contribution in [0.5, 0.6) is 11.5 Å². The summed E-state index contributed by atoms with van der Waals surface area (Å²) in [4.78, 5) is 34.1. The normalized spacial score (nSPS) is 11.4. The first-order valence-corrected chi connectivity index (χ1v) is 11.8. The van der Waals surface area contributed by atoms with Gasteiger partial charge in [-0.25, -0.2) is 23.1 Å². The van der Waals surface area contributed by atoms with Crippen molar-refractivity contribution in [3.8, 4) is 11.5 Å². The SMILES string of the molecule is CCn1c(NC(=O)c2ccc(N)nc2)nc2c(OC)c(OCCNS(C)(=O)=O)ccc2c1=O. The molecule has 0 aliphatic heterocycles. The number of nitrogen functional groups attached to an aromatic ring is 1. The van der Waals surface area contributed by atoms with E-state index in [0.29, 0.717) is 0 Å². The third-order valence-electron chi connectivity index (χ3n) is 4.56. The van der Waals surface area contributed by atoms with E-state index in [1.54, 1.807) is 13.0 Å². The minimum Gasteiger partial charge on any atom is -0.491 e. The van der Waals surface area contributed by atoms with Gasteiger partial charge in [-0.05, 0) is 31.2 Å². The molecular formula is C20H24N6O6S. The summed E-state index contributed by atoms with van der Waals surface area (Å²) in [6, 6.07) is 6.07. The Hall–Kier alpha value is -3.71. The summed E-state index contributed by atoms with van der Waals surface area (Å²) in [7, 11) is -1.96. The lowest BCUT2D eigenvalue weighted by molar-refractivity contribution is 0.102. The van der Waals surface area contributed by atoms with Gasteiger partial charge < -0.3 is 15.2 Å². The molecule has 13 heteroatoms. The summed E-state index contributed by atoms with van der Waals surface area (Å²) in [6.45, 7) is 2.07. The third-order valence-corrected chi connectivity index (χ3v) is 5.29. The van der Waals surface area contributed by atoms with E-state index in [1.165, 1.54) is 36.1 Å². The molecule has 33 heavy (non-hydrogen) atoms. The second-order valence-corrected chi connectivity index (χ2v) is 8.75. The maximum Gasteiger partial charge on any atom is 0.262 e. The lowest BCUT2D eigenvalue weighted by Gasteiger charge is -2.16. The van der Waals surface area contributed by atoms with Gasteiger partial charge in [-0.1, -0.05) is 0 Å². The van der Waals surface area contributed by atoms with Crippen LogP contribution in [-0.4, -0.2) is 55.4 Å². The van der Waals surface area contributed by atoms with Crippen molar-refractivity contribution in [3.05, 3.63) is 46.4 Å². The van der Waals surface area contributed by atoms with E-state index in [9.17, 15) is 18.0 Å². The number of nitrogens with one attached hydrogen (secondary N) is 2. The van der Waals surface area contributed by atoms with Gasteiger partial charge in [0.25, 0.3) is 11.5 Å². The fourth-order valence-corrected chi connectivity index (χ4v) is 3.50. The van der Waals surface area contributed by atoms with Crippen LogP contribution in [0, 0.1) is 0 Å². The first kappa shape index (κ1) is 23.9. The monoisotopic (exact) mass is 476 g/mol. The van der Waals surface area contributed by atoms with Gasteiger partial charge >= 0.3 is 0 Å². The molecule has 2 heterocycles. The second kappa shape index (κ2) is 9.83. The Bertz CT molecular complexity index is 1340. The predicted molar refractivity (Wildman–Crippen MR) is 123 cm³/mol. The molecule has 12 nitrogen and oxygen atoms in total. The summed E-state index contributed by atoms with van der Waals surface area (Å²) in [5.41, 5.74) is 5.61. The molecule has 3 rings (SSSR count). The summed E-state index contributed by atoms with van der Waals surface area (Å²) < 4.78 is 37.1. The third kappa shape index (κ3) is 5.56. The number of aromatic nitrogens is 3. The van der Waals surface area contributed by atoms with Crippen LogP contribution in [0.2, 0.25) is 0 Å². The standard InChI is InChI=1S/C20H24N6O6S/c1-4-26-19(28)13-6-7-14(32-10-9-23-33(3,29)30)17(31-2)16(13)24-20(26)25-18(27)12-5-8-15(21)22-11-12/h5-8,11,23H,4,9-10H2,1-3H3,(H2,21,22)(H,24,25,27). The second-order valence-electron chi connectivity index (χ2n) is 6.92. The van der Waals surface area contributed by atoms with E-state index in [1.807, 2.05) is 0 Å². The zero-order valence-electron chi connectivity index (χ0n) is 18.3. The van der Waals surface area contributed by atoms with Crippen LogP contribution >= 0.6 is 0 Å². The molecule has 1 aromatic carbocycles. The zero-order valence-corrected chi connectivity index (χ0v) is 19.1. The number of amides is 1. The summed E-state index contributed by atoms with van der Waals surface area (Å²) in [6.07, 6.45) is 2.36. The highest BCUT2D eigenvalue weighted by molar-refractivity contribution is 7.88. The van der Waals surface area contributed by atoms with E-state index >= 15 is 0 Å². The largest absolute Gasteiger partial charge is 0.491 e. The number of carbonyl (C=O) groups is 1. The number of fused-ring (bicyclic) bond motifs is 1. The topological polar surface area (TPSA) is 168 Å². The number of anilines is 2. The molecule has 3 aromatic rings. The molecule has 0 atom stereocenters. The molecule has 0 aliphatic rings. The highest BCUT2D eigenvalue weighted by Crippen LogP contribution is 2.33. The number of pyridine rings is 1. The average Bonchev–Trinajstić information content (AvgIpc) is 2.76. The number of nitrogens with zero attached hydrogens (tertiary/aromatic N) is 3. The number of nitrogens with two attached hydrogens (primary N) is 1. The maximum absolute atomic E-state index is 13.1. The minimum atomic E-state index is -3.35. The van der Waals surface area contributed by atoms with E-state index in [-0.39, 0.29) is 65.0 Å². The van der Waals surface area contributed by atoms with Crippen molar-refractivity contribution in [1.29, 1.82) is 0 Å². The number of rotatable bonds is 9. The smallest absolute Gasteiger partial charge is 0.262 e. The van der Waals surface area contributed by atoms with Gasteiger partial charge in [0.1, 0.15) is 17.9 Å². The van der Waals surface area contributed by atoms with Gasteiger partial charge in [-0.2, -0.15) is 0 Å². The predicted octanol–water partition coefficient (Wildman–Crippen LogP) is 0.583. The summed E-state index contributed by atoms with van der Waals surface area (Å²) >= 11 is 0. The molecule has 0 fully saturated rings. The van der Waals surface area contributed by atoms with Crippen molar-refractivity contribution >= 4 is 38.6 Å². The molecule has 176 valence electrons. The molecule has 4 N–H and O–H groups in total. The van der Waals surface area contributed by atoms with Gasteiger partial charge in [0, 0.05) is 19.3 Å². The fourth-order valence-electron chi connectivity index (χ4n) is 3.05. The van der Waals surface area contributed by atoms with Crippen LogP contribution in [-0.2, 0) is 16.6 Å². The van der Waals surface area contributed by atoms with Crippen molar-refractivity contribution in [2.24, 2.45) is 0 Å². The quantitative estimate of drug-likeness (QED) is 0.374. The highest BCUT2D eigenvalue weighted by Gasteiger charge is 2.19. The van der Waals surface area contributed by atoms with Gasteiger partial charge in [0.15, 0.2) is 11.5 Å². The number of hydrogen-bond donors (Lipinski definition) is 3. The van der Waals surface area contributed by atoms with Crippen molar-refractivity contribution < 1.29 is 22.7 Å². The lowest BCUT2D eigenvalue weighted by Crippen LogP contribution is -2.27. The van der Waals surface area contributed by atoms with Crippen molar-refractivity contribution in [1.82, 2.24) is 19.3 Å². The van der Waals surface area contributed by atoms with Crippen LogP contribution < -0.4 is 30.8 Å². The Morgan fingerprint density at radius 1 is 1.24 bits per heavy atom. The molecule has 0 unspecified atom stereocenters. The van der Waals surface area contributed by atoms with E-state index in [2.05, 4.69) is 20.0 Å². The average molecular weight is 477 g/mol. The number of carbonyl (C=O) groups excluding carboxylic acids is 1. The van der Waals surface area contributed by atoms with Crippen molar-refractivity contribution in [3.63, 3.8) is 0 Å². The Labute approximate surface area is 189 Å². The molecule has 0 saturated carbocycles. The summed E-state index contributed by atoms with van der Waals surface area (Å²) in [5.74, 6) is 0.211. The number of hydrogen-bond acceptors (Lipinski definition) is 9. The number of benzene rings is 1. The molecule has 2 aromatic heterocycles. The molecule has 0 radical (unpaired) electrons. The molecule has 0 bridgehead atoms. The Morgan fingerprint density at radius 2 is 2.00 bits per heavy atom. The number of methoxy groups -OCH3 is 1. The van der Waals surface area contributed by atoms with Gasteiger partial charge in [-0.15, -0.1) is 0 Å². The summed E-state index contributed by atoms with van der Waals surface area (Å²) in [5, 5.41) is 2.90. The van der Waals surface area contributed by atoms with Crippen molar-refractivity contribution in [2.45, 2.75) is 13.5 Å². The zero-order chi connectivity index (χ0) is 24.2. The minimum absolute atomic E-state index is 0.0195. The molecular weight excluding hydrogens is 452 g/mol. The van der Waals surface area contributed by atoms with Crippen molar-refractivity contribution in [2.75, 3.05) is 37.6 Å². The Morgan fingerprint density at radius 3 is 2.61 bits per heavy atom. The van der Waals surface area contributed by atoms with Gasteiger partial charge in [0.05, 0.1) is 24.3 Å². The number of sulfonamides is 1. The van der Waals surface area contributed by atoms with Crippen LogP contribution in [0.15, 0.2) is 35.3 Å². The van der Waals surface area contributed by atoms with Gasteiger partial charge in [-0.3, -0.25) is 19.5 Å². The van der Waals surface area contributed by atoms with Crippen LogP contribution in [0.25, 0.3) is 10.9 Å². The molecule has 0 saturated heterocycles. The molecule has 0 aliphatic carbocycles. The van der Waals surface area contributed by atoms with Gasteiger partial charge in [0.2, 0.25) is 16.0 Å². The van der Waals surface area contributed by atoms with Crippen LogP contribution in [0.3, 0.4) is 0 Å². The van der Waals surface area contributed by atoms with E-state index < -0.39 is 15.9 Å². The number of ether oxygens (including phenoxy) is 2. The van der Waals surface area contributed by atoms with E-state index in [4.69, 9.17) is 15.2 Å². The van der Waals surface area contributed by atoms with Crippen LogP contribution in [0.1, 0.15) is 17.3 Å². The van der Waals surface area contributed by atoms with E-state index in [0.717, 1.165) is 6.26 Å². The maximum atomic E-state index is 13.1. The molecule has 1 amide bonds. The highest BCUT2D eigenvalue weighted by atomic mass is 32.2. The fraction of sp³-hybridized carbons (Fsp3) is 0.300. The first-order valence-electron chi connectivity index (χ1n) is 9.86.